The number of anilines is 1. The second-order valence-corrected chi connectivity index (χ2v) is 5.79. The van der Waals surface area contributed by atoms with Gasteiger partial charge in [0.15, 0.2) is 0 Å². The molecule has 0 aliphatic heterocycles. The van der Waals surface area contributed by atoms with Crippen LogP contribution in [0.5, 0.6) is 0 Å². The Morgan fingerprint density at radius 1 is 1.35 bits per heavy atom. The highest BCUT2D eigenvalue weighted by atomic mass is 127. The summed E-state index contributed by atoms with van der Waals surface area (Å²) in [4.78, 5) is 14.0. The number of hydrogen-bond donors (Lipinski definition) is 1. The van der Waals surface area contributed by atoms with E-state index in [0.717, 1.165) is 11.3 Å². The molecule has 6 heteroatoms. The topological polar surface area (TPSA) is 64.2 Å². The number of nitrogens with two attached hydrogens (primary N) is 1. The Kier molecular flexibility index (Phi) is 5.13. The third kappa shape index (κ3) is 3.80. The van der Waals surface area contributed by atoms with E-state index < -0.39 is 0 Å². The lowest BCUT2D eigenvalue weighted by molar-refractivity contribution is 0.637. The number of halogens is 1. The van der Waals surface area contributed by atoms with Crippen molar-refractivity contribution in [3.05, 3.63) is 56.0 Å². The quantitative estimate of drug-likeness (QED) is 0.790. The van der Waals surface area contributed by atoms with Gasteiger partial charge in [0.1, 0.15) is 0 Å². The highest BCUT2D eigenvalue weighted by Gasteiger charge is 2.05. The lowest BCUT2D eigenvalue weighted by Gasteiger charge is -2.17. The highest BCUT2D eigenvalue weighted by Crippen LogP contribution is 2.09. The molecular weight excluding hydrogens is 367 g/mol. The molecule has 0 aliphatic carbocycles. The smallest absolute Gasteiger partial charge is 0.269 e. The maximum atomic E-state index is 12.1. The van der Waals surface area contributed by atoms with Gasteiger partial charge in [-0.2, -0.15) is 5.10 Å². The van der Waals surface area contributed by atoms with Gasteiger partial charge in [0.2, 0.25) is 0 Å². The minimum Gasteiger partial charge on any atom is -0.372 e. The molecular formula is C14H17IN4O. The first-order chi connectivity index (χ1) is 9.60. The molecule has 2 aromatic rings. The summed E-state index contributed by atoms with van der Waals surface area (Å²) in [5.74, 6) is 0. The summed E-state index contributed by atoms with van der Waals surface area (Å²) in [7, 11) is 1.90. The molecule has 106 valence electrons. The monoisotopic (exact) mass is 384 g/mol. The van der Waals surface area contributed by atoms with Crippen molar-refractivity contribution in [2.45, 2.75) is 6.54 Å². The summed E-state index contributed by atoms with van der Waals surface area (Å²) in [6.07, 6.45) is 1.70. The minimum atomic E-state index is -0.107. The maximum absolute atomic E-state index is 12.1. The van der Waals surface area contributed by atoms with Crippen molar-refractivity contribution in [3.8, 4) is 0 Å². The van der Waals surface area contributed by atoms with E-state index in [1.165, 1.54) is 8.25 Å². The van der Waals surface area contributed by atoms with Gasteiger partial charge in [-0.15, -0.1) is 0 Å². The van der Waals surface area contributed by atoms with Crippen molar-refractivity contribution < 1.29 is 0 Å². The van der Waals surface area contributed by atoms with Crippen LogP contribution in [0.3, 0.4) is 0 Å². The van der Waals surface area contributed by atoms with Crippen molar-refractivity contribution >= 4 is 28.3 Å². The second-order valence-electron chi connectivity index (χ2n) is 4.55. The molecule has 0 unspecified atom stereocenters. The normalized spacial score (nSPS) is 10.6. The van der Waals surface area contributed by atoms with Gasteiger partial charge in [0, 0.05) is 29.8 Å². The SMILES string of the molecule is CN(CCN)c1cnn(Cc2ccc(I)cc2)c(=O)c1. The molecule has 0 bridgehead atoms. The first-order valence-corrected chi connectivity index (χ1v) is 7.41. The molecule has 0 spiro atoms. The van der Waals surface area contributed by atoms with E-state index in [0.29, 0.717) is 19.6 Å². The molecule has 5 nitrogen and oxygen atoms in total. The molecule has 20 heavy (non-hydrogen) atoms. The predicted octanol–water partition coefficient (Wildman–Crippen LogP) is 1.29. The van der Waals surface area contributed by atoms with Crippen LogP contribution in [0.15, 0.2) is 41.3 Å². The van der Waals surface area contributed by atoms with Gasteiger partial charge in [-0.3, -0.25) is 4.79 Å². The number of hydrogen-bond acceptors (Lipinski definition) is 4. The van der Waals surface area contributed by atoms with E-state index in [9.17, 15) is 4.79 Å². The Morgan fingerprint density at radius 3 is 2.65 bits per heavy atom. The maximum Gasteiger partial charge on any atom is 0.269 e. The second kappa shape index (κ2) is 6.85. The minimum absolute atomic E-state index is 0.107. The Labute approximate surface area is 131 Å². The predicted molar refractivity (Wildman–Crippen MR) is 89.1 cm³/mol. The van der Waals surface area contributed by atoms with E-state index in [4.69, 9.17) is 5.73 Å². The lowest BCUT2D eigenvalue weighted by Crippen LogP contribution is -2.29. The molecule has 0 aliphatic rings. The van der Waals surface area contributed by atoms with Crippen LogP contribution in [0.25, 0.3) is 0 Å². The van der Waals surface area contributed by atoms with Crippen LogP contribution >= 0.6 is 22.6 Å². The molecule has 0 atom stereocenters. The van der Waals surface area contributed by atoms with Gasteiger partial charge in [-0.25, -0.2) is 4.68 Å². The summed E-state index contributed by atoms with van der Waals surface area (Å²) in [5.41, 5.74) is 7.25. The van der Waals surface area contributed by atoms with Crippen molar-refractivity contribution in [2.75, 3.05) is 25.0 Å². The summed E-state index contributed by atoms with van der Waals surface area (Å²) < 4.78 is 2.63. The van der Waals surface area contributed by atoms with Crippen molar-refractivity contribution in [2.24, 2.45) is 5.73 Å². The molecule has 0 fully saturated rings. The van der Waals surface area contributed by atoms with Crippen LogP contribution in [0.2, 0.25) is 0 Å². The van der Waals surface area contributed by atoms with Crippen LogP contribution in [0.4, 0.5) is 5.69 Å². The zero-order valence-electron chi connectivity index (χ0n) is 11.3. The molecule has 1 aromatic heterocycles. The number of rotatable bonds is 5. The zero-order chi connectivity index (χ0) is 14.5. The Bertz CT molecular complexity index is 624. The number of nitrogens with zero attached hydrogens (tertiary/aromatic N) is 3. The summed E-state index contributed by atoms with van der Waals surface area (Å²) in [6.45, 7) is 1.72. The zero-order valence-corrected chi connectivity index (χ0v) is 13.4. The molecule has 0 radical (unpaired) electrons. The Balaban J connectivity index is 2.17. The average Bonchev–Trinajstić information content (AvgIpc) is 2.43. The lowest BCUT2D eigenvalue weighted by atomic mass is 10.2. The average molecular weight is 384 g/mol. The van der Waals surface area contributed by atoms with Crippen LogP contribution < -0.4 is 16.2 Å². The van der Waals surface area contributed by atoms with Gasteiger partial charge < -0.3 is 10.6 Å². The van der Waals surface area contributed by atoms with Crippen LogP contribution in [0, 0.1) is 3.57 Å². The van der Waals surface area contributed by atoms with Crippen molar-refractivity contribution in [3.63, 3.8) is 0 Å². The summed E-state index contributed by atoms with van der Waals surface area (Å²) in [6, 6.07) is 9.64. The van der Waals surface area contributed by atoms with Crippen LogP contribution in [0.1, 0.15) is 5.56 Å². The van der Waals surface area contributed by atoms with E-state index in [1.54, 1.807) is 12.3 Å². The summed E-state index contributed by atoms with van der Waals surface area (Å²) in [5, 5.41) is 4.22. The first-order valence-electron chi connectivity index (χ1n) is 6.33. The highest BCUT2D eigenvalue weighted by molar-refractivity contribution is 14.1. The van der Waals surface area contributed by atoms with Crippen LogP contribution in [-0.2, 0) is 6.54 Å². The largest absolute Gasteiger partial charge is 0.372 e. The molecule has 2 N–H and O–H groups in total. The number of benzene rings is 1. The fourth-order valence-electron chi connectivity index (χ4n) is 1.84. The first kappa shape index (κ1) is 15.0. The molecule has 1 heterocycles. The Morgan fingerprint density at radius 2 is 2.05 bits per heavy atom. The molecule has 0 saturated heterocycles. The fourth-order valence-corrected chi connectivity index (χ4v) is 2.20. The van der Waals surface area contributed by atoms with Gasteiger partial charge in [-0.05, 0) is 40.3 Å². The number of aromatic nitrogens is 2. The van der Waals surface area contributed by atoms with Gasteiger partial charge in [-0.1, -0.05) is 12.1 Å². The van der Waals surface area contributed by atoms with Crippen molar-refractivity contribution in [1.29, 1.82) is 0 Å². The summed E-state index contributed by atoms with van der Waals surface area (Å²) >= 11 is 2.25. The van der Waals surface area contributed by atoms with E-state index in [-0.39, 0.29) is 5.56 Å². The van der Waals surface area contributed by atoms with E-state index >= 15 is 0 Å². The Hall–Kier alpha value is -1.41. The third-order valence-corrected chi connectivity index (χ3v) is 3.73. The van der Waals surface area contributed by atoms with Gasteiger partial charge in [0.25, 0.3) is 5.56 Å². The van der Waals surface area contributed by atoms with E-state index in [1.807, 2.05) is 36.2 Å². The van der Waals surface area contributed by atoms with E-state index in [2.05, 4.69) is 27.7 Å². The molecule has 2 rings (SSSR count). The number of likely N-dealkylation sites (N-methyl/N-ethyl adjacent to an activating group) is 1. The van der Waals surface area contributed by atoms with Crippen LogP contribution in [-0.4, -0.2) is 29.9 Å². The standard InChI is InChI=1S/C14H17IN4O/c1-18(7-6-16)13-8-14(20)19(17-9-13)10-11-2-4-12(15)5-3-11/h2-5,8-9H,6-7,10,16H2,1H3. The molecule has 0 saturated carbocycles. The van der Waals surface area contributed by atoms with Crippen molar-refractivity contribution in [1.82, 2.24) is 9.78 Å². The van der Waals surface area contributed by atoms with Gasteiger partial charge in [0.05, 0.1) is 18.4 Å². The molecule has 0 amide bonds. The van der Waals surface area contributed by atoms with Gasteiger partial charge >= 0.3 is 0 Å². The third-order valence-electron chi connectivity index (χ3n) is 3.01. The fraction of sp³-hybridized carbons (Fsp3) is 0.286. The molecule has 1 aromatic carbocycles.